The standard InChI is InChI=1S/C9H15F6NO/c1-6(5-17-2)16-7(3-8(10,11)12)4-9(13,14)15/h6-7,16H,3-5H2,1-2H3. The lowest BCUT2D eigenvalue weighted by Crippen LogP contribution is -2.43. The van der Waals surface area contributed by atoms with Crippen LogP contribution in [0.2, 0.25) is 0 Å². The number of hydrogen-bond acceptors (Lipinski definition) is 2. The molecule has 1 atom stereocenters. The molecule has 0 radical (unpaired) electrons. The van der Waals surface area contributed by atoms with Gasteiger partial charge in [0.2, 0.25) is 0 Å². The summed E-state index contributed by atoms with van der Waals surface area (Å²) in [4.78, 5) is 0. The fraction of sp³-hybridized carbons (Fsp3) is 1.00. The van der Waals surface area contributed by atoms with E-state index in [9.17, 15) is 26.3 Å². The molecule has 0 bridgehead atoms. The van der Waals surface area contributed by atoms with E-state index in [-0.39, 0.29) is 6.61 Å². The van der Waals surface area contributed by atoms with Crippen molar-refractivity contribution in [1.29, 1.82) is 0 Å². The average molecular weight is 267 g/mol. The van der Waals surface area contributed by atoms with Crippen molar-refractivity contribution in [3.05, 3.63) is 0 Å². The number of rotatable bonds is 6. The van der Waals surface area contributed by atoms with Gasteiger partial charge in [-0.3, -0.25) is 0 Å². The predicted molar refractivity (Wildman–Crippen MR) is 49.6 cm³/mol. The van der Waals surface area contributed by atoms with Crippen molar-refractivity contribution in [3.63, 3.8) is 0 Å². The Balaban J connectivity index is 4.40. The fourth-order valence-corrected chi connectivity index (χ4v) is 1.45. The fourth-order valence-electron chi connectivity index (χ4n) is 1.45. The average Bonchev–Trinajstić information content (AvgIpc) is 1.96. The second-order valence-electron chi connectivity index (χ2n) is 3.86. The highest BCUT2D eigenvalue weighted by Gasteiger charge is 2.39. The molecule has 0 aliphatic heterocycles. The van der Waals surface area contributed by atoms with Crippen LogP contribution >= 0.6 is 0 Å². The van der Waals surface area contributed by atoms with E-state index in [1.807, 2.05) is 0 Å². The smallest absolute Gasteiger partial charge is 0.383 e. The minimum absolute atomic E-state index is 0.0478. The summed E-state index contributed by atoms with van der Waals surface area (Å²) in [6.07, 6.45) is -12.3. The van der Waals surface area contributed by atoms with Gasteiger partial charge in [-0.05, 0) is 6.92 Å². The number of nitrogens with one attached hydrogen (secondary N) is 1. The van der Waals surface area contributed by atoms with Crippen LogP contribution in [0.4, 0.5) is 26.3 Å². The summed E-state index contributed by atoms with van der Waals surface area (Å²) >= 11 is 0. The zero-order chi connectivity index (χ0) is 13.7. The van der Waals surface area contributed by atoms with E-state index in [2.05, 4.69) is 10.1 Å². The van der Waals surface area contributed by atoms with Crippen molar-refractivity contribution < 1.29 is 31.1 Å². The van der Waals surface area contributed by atoms with Crippen LogP contribution in [0.15, 0.2) is 0 Å². The number of ether oxygens (including phenoxy) is 1. The predicted octanol–water partition coefficient (Wildman–Crippen LogP) is 2.88. The minimum Gasteiger partial charge on any atom is -0.383 e. The van der Waals surface area contributed by atoms with Gasteiger partial charge in [-0.15, -0.1) is 0 Å². The molecule has 8 heteroatoms. The van der Waals surface area contributed by atoms with Crippen LogP contribution in [0.3, 0.4) is 0 Å². The van der Waals surface area contributed by atoms with Crippen LogP contribution < -0.4 is 5.32 Å². The first-order valence-electron chi connectivity index (χ1n) is 4.92. The second kappa shape index (κ2) is 6.44. The van der Waals surface area contributed by atoms with Crippen LogP contribution in [0.5, 0.6) is 0 Å². The van der Waals surface area contributed by atoms with Crippen LogP contribution in [0, 0.1) is 0 Å². The van der Waals surface area contributed by atoms with E-state index in [4.69, 9.17) is 0 Å². The maximum absolute atomic E-state index is 12.1. The van der Waals surface area contributed by atoms with Crippen molar-refractivity contribution in [3.8, 4) is 0 Å². The third-order valence-electron chi connectivity index (χ3n) is 1.89. The molecular weight excluding hydrogens is 252 g/mol. The van der Waals surface area contributed by atoms with Gasteiger partial charge in [0, 0.05) is 19.2 Å². The Bertz CT molecular complexity index is 199. The molecule has 1 N–H and O–H groups in total. The van der Waals surface area contributed by atoms with Gasteiger partial charge in [0.15, 0.2) is 0 Å². The molecular formula is C9H15F6NO. The SMILES string of the molecule is COCC(C)NC(CC(F)(F)F)CC(F)(F)F. The van der Waals surface area contributed by atoms with Crippen molar-refractivity contribution in [2.24, 2.45) is 0 Å². The molecule has 0 aromatic carbocycles. The van der Waals surface area contributed by atoms with Gasteiger partial charge in [-0.25, -0.2) is 0 Å². The molecule has 0 aromatic rings. The van der Waals surface area contributed by atoms with Gasteiger partial charge in [-0.2, -0.15) is 26.3 Å². The monoisotopic (exact) mass is 267 g/mol. The van der Waals surface area contributed by atoms with Crippen LogP contribution in [0.25, 0.3) is 0 Å². The van der Waals surface area contributed by atoms with Crippen LogP contribution in [0.1, 0.15) is 19.8 Å². The molecule has 0 aliphatic rings. The Kier molecular flexibility index (Phi) is 6.25. The second-order valence-corrected chi connectivity index (χ2v) is 3.86. The first-order chi connectivity index (χ1) is 7.53. The summed E-state index contributed by atoms with van der Waals surface area (Å²) in [5.41, 5.74) is 0. The van der Waals surface area contributed by atoms with E-state index in [0.29, 0.717) is 0 Å². The molecule has 2 nitrogen and oxygen atoms in total. The van der Waals surface area contributed by atoms with Gasteiger partial charge >= 0.3 is 12.4 Å². The Morgan fingerprint density at radius 1 is 1.00 bits per heavy atom. The number of hydrogen-bond donors (Lipinski definition) is 1. The van der Waals surface area contributed by atoms with Crippen molar-refractivity contribution in [2.45, 2.75) is 44.2 Å². The molecule has 104 valence electrons. The van der Waals surface area contributed by atoms with Crippen LogP contribution in [-0.4, -0.2) is 38.2 Å². The van der Waals surface area contributed by atoms with E-state index in [1.54, 1.807) is 0 Å². The zero-order valence-electron chi connectivity index (χ0n) is 9.45. The highest BCUT2D eigenvalue weighted by atomic mass is 19.4. The molecule has 17 heavy (non-hydrogen) atoms. The lowest BCUT2D eigenvalue weighted by molar-refractivity contribution is -0.165. The Hall–Kier alpha value is -0.500. The largest absolute Gasteiger partial charge is 0.390 e. The number of halogens is 6. The lowest BCUT2D eigenvalue weighted by Gasteiger charge is -2.24. The maximum Gasteiger partial charge on any atom is 0.390 e. The highest BCUT2D eigenvalue weighted by Crippen LogP contribution is 2.29. The Morgan fingerprint density at radius 2 is 1.41 bits per heavy atom. The summed E-state index contributed by atoms with van der Waals surface area (Å²) in [6, 6.07) is -2.25. The van der Waals surface area contributed by atoms with Gasteiger partial charge in [0.05, 0.1) is 19.4 Å². The summed E-state index contributed by atoms with van der Waals surface area (Å²) in [5, 5.41) is 2.27. The first kappa shape index (κ1) is 16.5. The molecule has 0 aliphatic carbocycles. The summed E-state index contributed by atoms with van der Waals surface area (Å²) in [5.74, 6) is 0. The van der Waals surface area contributed by atoms with Gasteiger partial charge in [-0.1, -0.05) is 0 Å². The molecule has 0 amide bonds. The van der Waals surface area contributed by atoms with E-state index in [0.717, 1.165) is 0 Å². The molecule has 0 spiro atoms. The number of alkyl halides is 6. The molecule has 0 fully saturated rings. The molecule has 0 rings (SSSR count). The third-order valence-corrected chi connectivity index (χ3v) is 1.89. The third kappa shape index (κ3) is 10.4. The quantitative estimate of drug-likeness (QED) is 0.747. The zero-order valence-corrected chi connectivity index (χ0v) is 9.45. The van der Waals surface area contributed by atoms with Gasteiger partial charge in [0.1, 0.15) is 0 Å². The summed E-state index contributed by atoms with van der Waals surface area (Å²) in [6.45, 7) is 1.51. The van der Waals surface area contributed by atoms with Gasteiger partial charge < -0.3 is 10.1 Å². The Labute approximate surface area is 95.3 Å². The first-order valence-corrected chi connectivity index (χ1v) is 4.92. The van der Waals surface area contributed by atoms with Crippen molar-refractivity contribution in [2.75, 3.05) is 13.7 Å². The number of methoxy groups -OCH3 is 1. The summed E-state index contributed by atoms with van der Waals surface area (Å²) < 4.78 is 77.1. The molecule has 0 heterocycles. The molecule has 0 aromatic heterocycles. The lowest BCUT2D eigenvalue weighted by atomic mass is 10.1. The summed E-state index contributed by atoms with van der Waals surface area (Å²) in [7, 11) is 1.32. The van der Waals surface area contributed by atoms with E-state index < -0.39 is 37.3 Å². The van der Waals surface area contributed by atoms with Gasteiger partial charge in [0.25, 0.3) is 0 Å². The van der Waals surface area contributed by atoms with E-state index in [1.165, 1.54) is 14.0 Å². The van der Waals surface area contributed by atoms with E-state index >= 15 is 0 Å². The minimum atomic E-state index is -4.63. The maximum atomic E-state index is 12.1. The molecule has 0 saturated carbocycles. The normalized spacial score (nSPS) is 15.4. The van der Waals surface area contributed by atoms with Crippen molar-refractivity contribution >= 4 is 0 Å². The van der Waals surface area contributed by atoms with Crippen molar-refractivity contribution in [1.82, 2.24) is 5.32 Å². The molecule has 1 unspecified atom stereocenters. The molecule has 0 saturated heterocycles. The highest BCUT2D eigenvalue weighted by molar-refractivity contribution is 4.77. The topological polar surface area (TPSA) is 21.3 Å². The van der Waals surface area contributed by atoms with Crippen LogP contribution in [-0.2, 0) is 4.74 Å². The Morgan fingerprint density at radius 3 is 1.71 bits per heavy atom.